The van der Waals surface area contributed by atoms with Crippen LogP contribution in [0.4, 0.5) is 0 Å². The lowest BCUT2D eigenvalue weighted by atomic mass is 10.3. The Labute approximate surface area is 128 Å². The third-order valence-electron chi connectivity index (χ3n) is 2.49. The first-order chi connectivity index (χ1) is 9.54. The van der Waals surface area contributed by atoms with Crippen LogP contribution in [0.2, 0.25) is 10.0 Å². The first-order valence-corrected chi connectivity index (χ1v) is 6.99. The Kier molecular flexibility index (Phi) is 5.17. The van der Waals surface area contributed by atoms with Gasteiger partial charge < -0.3 is 10.1 Å². The van der Waals surface area contributed by atoms with E-state index in [0.29, 0.717) is 34.3 Å². The first kappa shape index (κ1) is 15.0. The number of benzene rings is 1. The van der Waals surface area contributed by atoms with Crippen molar-refractivity contribution in [2.45, 2.75) is 26.4 Å². The van der Waals surface area contributed by atoms with E-state index in [1.54, 1.807) is 24.3 Å². The Morgan fingerprint density at radius 2 is 1.95 bits per heavy atom. The molecule has 0 saturated heterocycles. The van der Waals surface area contributed by atoms with Crippen LogP contribution in [0.3, 0.4) is 0 Å². The van der Waals surface area contributed by atoms with E-state index in [9.17, 15) is 0 Å². The first-order valence-electron chi connectivity index (χ1n) is 6.23. The Morgan fingerprint density at radius 1 is 1.15 bits per heavy atom. The second-order valence-corrected chi connectivity index (χ2v) is 5.42. The molecule has 0 fully saturated rings. The van der Waals surface area contributed by atoms with Crippen LogP contribution in [0.1, 0.15) is 19.5 Å². The molecule has 4 nitrogen and oxygen atoms in total. The summed E-state index contributed by atoms with van der Waals surface area (Å²) in [6.07, 6.45) is 0. The van der Waals surface area contributed by atoms with Crippen LogP contribution < -0.4 is 10.1 Å². The van der Waals surface area contributed by atoms with Gasteiger partial charge in [0.05, 0.1) is 10.7 Å². The number of nitrogens with zero attached hydrogens (tertiary/aromatic N) is 2. The summed E-state index contributed by atoms with van der Waals surface area (Å²) in [6, 6.07) is 9.02. The van der Waals surface area contributed by atoms with Crippen molar-refractivity contribution in [3.8, 4) is 11.6 Å². The molecule has 0 saturated carbocycles. The molecule has 0 radical (unpaired) electrons. The Bertz CT molecular complexity index is 573. The van der Waals surface area contributed by atoms with E-state index in [-0.39, 0.29) is 0 Å². The topological polar surface area (TPSA) is 47.0 Å². The lowest BCUT2D eigenvalue weighted by Gasteiger charge is -2.08. The van der Waals surface area contributed by atoms with Gasteiger partial charge in [0.2, 0.25) is 5.88 Å². The second kappa shape index (κ2) is 6.88. The molecule has 1 aromatic heterocycles. The molecule has 6 heteroatoms. The summed E-state index contributed by atoms with van der Waals surface area (Å²) in [5.74, 6) is 0.837. The van der Waals surface area contributed by atoms with Gasteiger partial charge in [-0.15, -0.1) is 5.10 Å². The Balaban J connectivity index is 2.05. The van der Waals surface area contributed by atoms with E-state index in [2.05, 4.69) is 29.4 Å². The number of aromatic nitrogens is 2. The predicted octanol–water partition coefficient (Wildman–Crippen LogP) is 4.07. The molecule has 2 aromatic rings. The van der Waals surface area contributed by atoms with Crippen molar-refractivity contribution < 1.29 is 4.74 Å². The molecule has 2 rings (SSSR count). The standard InChI is InChI=1S/C14H15Cl2N3O/c1-9(2)17-8-11-4-6-14(19-18-11)20-13-7-10(15)3-5-12(13)16/h3-7,9,17H,8H2,1-2H3. The quantitative estimate of drug-likeness (QED) is 0.904. The van der Waals surface area contributed by atoms with E-state index in [4.69, 9.17) is 27.9 Å². The van der Waals surface area contributed by atoms with Crippen molar-refractivity contribution in [3.05, 3.63) is 46.1 Å². The monoisotopic (exact) mass is 311 g/mol. The third kappa shape index (κ3) is 4.34. The van der Waals surface area contributed by atoms with Crippen molar-refractivity contribution in [1.29, 1.82) is 0 Å². The molecular formula is C14H15Cl2N3O. The highest BCUT2D eigenvalue weighted by Gasteiger charge is 2.06. The molecule has 20 heavy (non-hydrogen) atoms. The Hall–Kier alpha value is -1.36. The zero-order chi connectivity index (χ0) is 14.5. The molecule has 1 N–H and O–H groups in total. The molecule has 0 aliphatic heterocycles. The van der Waals surface area contributed by atoms with Crippen LogP contribution in [0.5, 0.6) is 11.6 Å². The molecule has 106 valence electrons. The molecule has 0 atom stereocenters. The lowest BCUT2D eigenvalue weighted by Crippen LogP contribution is -2.22. The predicted molar refractivity (Wildman–Crippen MR) is 80.5 cm³/mol. The summed E-state index contributed by atoms with van der Waals surface area (Å²) in [5, 5.41) is 12.4. The minimum atomic E-state index is 0.377. The fourth-order valence-corrected chi connectivity index (χ4v) is 1.79. The van der Waals surface area contributed by atoms with Gasteiger partial charge in [-0.2, -0.15) is 5.10 Å². The highest BCUT2D eigenvalue weighted by molar-refractivity contribution is 6.34. The number of nitrogens with one attached hydrogen (secondary N) is 1. The van der Waals surface area contributed by atoms with Crippen molar-refractivity contribution >= 4 is 23.2 Å². The fourth-order valence-electron chi connectivity index (χ4n) is 1.47. The largest absolute Gasteiger partial charge is 0.436 e. The molecule has 0 amide bonds. The lowest BCUT2D eigenvalue weighted by molar-refractivity contribution is 0.452. The zero-order valence-corrected chi connectivity index (χ0v) is 12.7. The van der Waals surface area contributed by atoms with E-state index in [1.165, 1.54) is 0 Å². The molecule has 0 aliphatic carbocycles. The van der Waals surface area contributed by atoms with Gasteiger partial charge in [0, 0.05) is 29.7 Å². The van der Waals surface area contributed by atoms with Crippen LogP contribution >= 0.6 is 23.2 Å². The van der Waals surface area contributed by atoms with Gasteiger partial charge in [0.25, 0.3) is 0 Å². The average Bonchev–Trinajstić information content (AvgIpc) is 2.42. The van der Waals surface area contributed by atoms with E-state index < -0.39 is 0 Å². The van der Waals surface area contributed by atoms with Crippen molar-refractivity contribution in [2.24, 2.45) is 0 Å². The minimum absolute atomic E-state index is 0.377. The van der Waals surface area contributed by atoms with Crippen LogP contribution in [-0.2, 0) is 6.54 Å². The zero-order valence-electron chi connectivity index (χ0n) is 11.2. The number of rotatable bonds is 5. The summed E-state index contributed by atoms with van der Waals surface area (Å²) < 4.78 is 5.56. The fraction of sp³-hybridized carbons (Fsp3) is 0.286. The summed E-state index contributed by atoms with van der Waals surface area (Å²) >= 11 is 11.9. The maximum absolute atomic E-state index is 6.02. The van der Waals surface area contributed by atoms with Gasteiger partial charge in [-0.1, -0.05) is 37.0 Å². The summed E-state index contributed by atoms with van der Waals surface area (Å²) in [4.78, 5) is 0. The van der Waals surface area contributed by atoms with E-state index >= 15 is 0 Å². The van der Waals surface area contributed by atoms with Crippen molar-refractivity contribution in [1.82, 2.24) is 15.5 Å². The number of hydrogen-bond acceptors (Lipinski definition) is 4. The molecule has 0 unspecified atom stereocenters. The van der Waals surface area contributed by atoms with Gasteiger partial charge in [0.1, 0.15) is 5.75 Å². The Morgan fingerprint density at radius 3 is 2.60 bits per heavy atom. The van der Waals surface area contributed by atoms with E-state index in [0.717, 1.165) is 5.69 Å². The number of ether oxygens (including phenoxy) is 1. The highest BCUT2D eigenvalue weighted by Crippen LogP contribution is 2.30. The van der Waals surface area contributed by atoms with Crippen LogP contribution in [0.15, 0.2) is 30.3 Å². The number of halogens is 2. The minimum Gasteiger partial charge on any atom is -0.436 e. The van der Waals surface area contributed by atoms with Crippen LogP contribution in [-0.4, -0.2) is 16.2 Å². The maximum Gasteiger partial charge on any atom is 0.238 e. The van der Waals surface area contributed by atoms with Gasteiger partial charge in [-0.05, 0) is 18.2 Å². The van der Waals surface area contributed by atoms with Gasteiger partial charge in [-0.3, -0.25) is 0 Å². The molecule has 0 spiro atoms. The molecule has 0 bridgehead atoms. The summed E-state index contributed by atoms with van der Waals surface area (Å²) in [5.41, 5.74) is 0.850. The normalized spacial score (nSPS) is 10.8. The SMILES string of the molecule is CC(C)NCc1ccc(Oc2cc(Cl)ccc2Cl)nn1. The third-order valence-corrected chi connectivity index (χ3v) is 3.04. The van der Waals surface area contributed by atoms with Crippen molar-refractivity contribution in [2.75, 3.05) is 0 Å². The molecule has 0 aliphatic rings. The summed E-state index contributed by atoms with van der Waals surface area (Å²) in [6.45, 7) is 4.82. The van der Waals surface area contributed by atoms with Gasteiger partial charge in [-0.25, -0.2) is 0 Å². The molecule has 1 aromatic carbocycles. The molecular weight excluding hydrogens is 297 g/mol. The van der Waals surface area contributed by atoms with Crippen LogP contribution in [0.25, 0.3) is 0 Å². The number of hydrogen-bond donors (Lipinski definition) is 1. The second-order valence-electron chi connectivity index (χ2n) is 4.58. The van der Waals surface area contributed by atoms with Crippen LogP contribution in [0, 0.1) is 0 Å². The summed E-state index contributed by atoms with van der Waals surface area (Å²) in [7, 11) is 0. The maximum atomic E-state index is 6.02. The molecule has 1 heterocycles. The smallest absolute Gasteiger partial charge is 0.238 e. The van der Waals surface area contributed by atoms with Gasteiger partial charge in [0.15, 0.2) is 0 Å². The highest BCUT2D eigenvalue weighted by atomic mass is 35.5. The van der Waals surface area contributed by atoms with E-state index in [1.807, 2.05) is 6.07 Å². The van der Waals surface area contributed by atoms with Gasteiger partial charge >= 0.3 is 0 Å². The average molecular weight is 312 g/mol. The van der Waals surface area contributed by atoms with Crippen molar-refractivity contribution in [3.63, 3.8) is 0 Å².